The van der Waals surface area contributed by atoms with Gasteiger partial charge >= 0.3 is 5.97 Å². The molecule has 0 unspecified atom stereocenters. The van der Waals surface area contributed by atoms with Gasteiger partial charge in [0.05, 0.1) is 18.5 Å². The number of aliphatic carboxylic acids is 1. The predicted octanol–water partition coefficient (Wildman–Crippen LogP) is 4.29. The molecule has 0 saturated carbocycles. The monoisotopic (exact) mass is 358 g/mol. The first-order valence-electron chi connectivity index (χ1n) is 8.78. The largest absolute Gasteiger partial charge is 0.481 e. The first-order chi connectivity index (χ1) is 13.1. The Labute approximate surface area is 155 Å². The molecule has 0 spiro atoms. The topological polar surface area (TPSA) is 72.2 Å². The Hall–Kier alpha value is -3.47. The third kappa shape index (κ3) is 3.58. The number of carboxylic acid groups (broad SMARTS) is 1. The molecule has 0 radical (unpaired) electrons. The van der Waals surface area contributed by atoms with E-state index in [9.17, 15) is 9.59 Å². The van der Waals surface area contributed by atoms with Crippen LogP contribution in [0.25, 0.3) is 32.9 Å². The van der Waals surface area contributed by atoms with E-state index in [4.69, 9.17) is 5.11 Å². The lowest BCUT2D eigenvalue weighted by Crippen LogP contribution is -2.10. The number of ketones is 1. The van der Waals surface area contributed by atoms with Gasteiger partial charge in [0, 0.05) is 35.3 Å². The summed E-state index contributed by atoms with van der Waals surface area (Å²) in [5.41, 5.74) is 3.94. The molecule has 0 aliphatic carbocycles. The Morgan fingerprint density at radius 2 is 1.78 bits per heavy atom. The molecule has 0 amide bonds. The van der Waals surface area contributed by atoms with Crippen molar-refractivity contribution in [3.63, 3.8) is 0 Å². The maximum atomic E-state index is 12.1. The number of carbonyl (C=O) groups excluding carboxylic acids is 1. The number of carboxylic acids is 1. The Bertz CT molecular complexity index is 1160. The molecule has 4 aromatic rings. The summed E-state index contributed by atoms with van der Waals surface area (Å²) in [5, 5.41) is 10.9. The Morgan fingerprint density at radius 3 is 2.63 bits per heavy atom. The highest BCUT2D eigenvalue weighted by Gasteiger charge is 2.10. The van der Waals surface area contributed by atoms with E-state index in [1.807, 2.05) is 65.5 Å². The van der Waals surface area contributed by atoms with Gasteiger partial charge in [-0.2, -0.15) is 0 Å². The van der Waals surface area contributed by atoms with Crippen LogP contribution in [0.4, 0.5) is 0 Å². The van der Waals surface area contributed by atoms with Crippen LogP contribution in [-0.4, -0.2) is 26.4 Å². The quantitative estimate of drug-likeness (QED) is 0.558. The van der Waals surface area contributed by atoms with E-state index < -0.39 is 5.97 Å². The van der Waals surface area contributed by atoms with Crippen molar-refractivity contribution in [2.45, 2.75) is 19.4 Å². The molecule has 0 aliphatic rings. The summed E-state index contributed by atoms with van der Waals surface area (Å²) in [5.74, 6) is -1.04. The molecule has 2 aromatic heterocycles. The molecular weight excluding hydrogens is 340 g/mol. The maximum Gasteiger partial charge on any atom is 0.303 e. The van der Waals surface area contributed by atoms with Gasteiger partial charge in [-0.15, -0.1) is 0 Å². The summed E-state index contributed by atoms with van der Waals surface area (Å²) < 4.78 is 1.87. The van der Waals surface area contributed by atoms with Gasteiger partial charge in [0.25, 0.3) is 0 Å². The number of pyridine rings is 1. The van der Waals surface area contributed by atoms with Crippen molar-refractivity contribution in [2.75, 3.05) is 0 Å². The van der Waals surface area contributed by atoms with Crippen molar-refractivity contribution >= 4 is 33.6 Å². The molecule has 27 heavy (non-hydrogen) atoms. The highest BCUT2D eigenvalue weighted by atomic mass is 16.4. The van der Waals surface area contributed by atoms with E-state index in [1.165, 1.54) is 0 Å². The lowest BCUT2D eigenvalue weighted by molar-refractivity contribution is -0.138. The van der Waals surface area contributed by atoms with Gasteiger partial charge in [0.2, 0.25) is 0 Å². The van der Waals surface area contributed by atoms with E-state index >= 15 is 0 Å². The zero-order chi connectivity index (χ0) is 18.8. The van der Waals surface area contributed by atoms with Crippen molar-refractivity contribution in [1.29, 1.82) is 0 Å². The normalized spacial score (nSPS) is 11.1. The van der Waals surface area contributed by atoms with Gasteiger partial charge < -0.3 is 9.67 Å². The molecule has 2 heterocycles. The van der Waals surface area contributed by atoms with Crippen LogP contribution in [0.2, 0.25) is 0 Å². The lowest BCUT2D eigenvalue weighted by atomic mass is 10.0. The van der Waals surface area contributed by atoms with Crippen LogP contribution < -0.4 is 0 Å². The number of aromatic nitrogens is 2. The number of hydrogen-bond acceptors (Lipinski definition) is 3. The van der Waals surface area contributed by atoms with Crippen LogP contribution >= 0.6 is 0 Å². The minimum atomic E-state index is -0.952. The third-order valence-corrected chi connectivity index (χ3v) is 4.66. The number of fused-ring (bicyclic) bond motifs is 2. The first kappa shape index (κ1) is 17.0. The summed E-state index contributed by atoms with van der Waals surface area (Å²) >= 11 is 0. The second kappa shape index (κ2) is 7.03. The molecule has 1 N–H and O–H groups in total. The van der Waals surface area contributed by atoms with Gasteiger partial charge in [-0.3, -0.25) is 14.6 Å². The first-order valence-corrected chi connectivity index (χ1v) is 8.78. The second-order valence-electron chi connectivity index (χ2n) is 6.57. The van der Waals surface area contributed by atoms with E-state index in [0.29, 0.717) is 0 Å². The Morgan fingerprint density at radius 1 is 0.926 bits per heavy atom. The van der Waals surface area contributed by atoms with Gasteiger partial charge in [0.15, 0.2) is 5.78 Å². The van der Waals surface area contributed by atoms with Gasteiger partial charge in [-0.25, -0.2) is 0 Å². The van der Waals surface area contributed by atoms with Crippen LogP contribution in [-0.2, 0) is 16.1 Å². The predicted molar refractivity (Wildman–Crippen MR) is 105 cm³/mol. The van der Waals surface area contributed by atoms with Crippen molar-refractivity contribution < 1.29 is 14.7 Å². The smallest absolute Gasteiger partial charge is 0.303 e. The molecule has 0 bridgehead atoms. The SMILES string of the molecule is O=C(O)CCC(=O)Cn1ccc2ccc(-c3cnc4ccccc4c3)cc21. The molecule has 4 rings (SSSR count). The minimum Gasteiger partial charge on any atom is -0.481 e. The second-order valence-corrected chi connectivity index (χ2v) is 6.57. The maximum absolute atomic E-state index is 12.1. The van der Waals surface area contributed by atoms with Crippen molar-refractivity contribution in [2.24, 2.45) is 0 Å². The molecule has 0 aliphatic heterocycles. The number of rotatable bonds is 6. The minimum absolute atomic E-state index is 0.0449. The number of Topliss-reactive ketones (excluding diaryl/α,β-unsaturated/α-hetero) is 1. The van der Waals surface area contributed by atoms with Crippen LogP contribution in [0.15, 0.2) is 67.0 Å². The Kier molecular flexibility index (Phi) is 4.42. The molecule has 0 atom stereocenters. The molecule has 5 heteroatoms. The van der Waals surface area contributed by atoms with Gasteiger partial charge in [-0.1, -0.05) is 30.3 Å². The van der Waals surface area contributed by atoms with E-state index in [0.717, 1.165) is 32.9 Å². The average molecular weight is 358 g/mol. The van der Waals surface area contributed by atoms with Gasteiger partial charge in [0.1, 0.15) is 0 Å². The zero-order valence-electron chi connectivity index (χ0n) is 14.6. The fourth-order valence-corrected chi connectivity index (χ4v) is 3.25. The number of carbonyl (C=O) groups is 2. The molecule has 134 valence electrons. The number of para-hydroxylation sites is 1. The van der Waals surface area contributed by atoms with Crippen molar-refractivity contribution in [3.05, 3.63) is 67.0 Å². The third-order valence-electron chi connectivity index (χ3n) is 4.66. The van der Waals surface area contributed by atoms with Crippen LogP contribution in [0.1, 0.15) is 12.8 Å². The van der Waals surface area contributed by atoms with Crippen LogP contribution in [0.5, 0.6) is 0 Å². The average Bonchev–Trinajstić information content (AvgIpc) is 3.08. The van der Waals surface area contributed by atoms with E-state index in [2.05, 4.69) is 11.1 Å². The van der Waals surface area contributed by atoms with Gasteiger partial charge in [-0.05, 0) is 35.2 Å². The summed E-state index contributed by atoms with van der Waals surface area (Å²) in [6.45, 7) is 0.177. The molecule has 0 fully saturated rings. The molecule has 5 nitrogen and oxygen atoms in total. The summed E-state index contributed by atoms with van der Waals surface area (Å²) in [6.07, 6.45) is 3.63. The highest BCUT2D eigenvalue weighted by molar-refractivity contribution is 5.90. The number of nitrogens with zero attached hydrogens (tertiary/aromatic N) is 2. The Balaban J connectivity index is 1.66. The van der Waals surface area contributed by atoms with E-state index in [1.54, 1.807) is 0 Å². The molecule has 0 saturated heterocycles. The summed E-state index contributed by atoms with van der Waals surface area (Å²) in [6, 6.07) is 18.2. The van der Waals surface area contributed by atoms with E-state index in [-0.39, 0.29) is 25.2 Å². The van der Waals surface area contributed by atoms with Crippen molar-refractivity contribution in [1.82, 2.24) is 9.55 Å². The summed E-state index contributed by atoms with van der Waals surface area (Å²) in [7, 11) is 0. The fraction of sp³-hybridized carbons (Fsp3) is 0.136. The van der Waals surface area contributed by atoms with Crippen molar-refractivity contribution in [3.8, 4) is 11.1 Å². The molecule has 2 aromatic carbocycles. The summed E-state index contributed by atoms with van der Waals surface area (Å²) in [4.78, 5) is 27.2. The zero-order valence-corrected chi connectivity index (χ0v) is 14.6. The fourth-order valence-electron chi connectivity index (χ4n) is 3.25. The number of benzene rings is 2. The standard InChI is InChI=1S/C22H18N2O3/c25-19(7-8-22(26)27)14-24-10-9-15-5-6-16(12-21(15)24)18-11-17-3-1-2-4-20(17)23-13-18/h1-6,9-13H,7-8,14H2,(H,26,27). The molecular formula is C22H18N2O3. The van der Waals surface area contributed by atoms with Crippen LogP contribution in [0, 0.1) is 0 Å². The number of hydrogen-bond donors (Lipinski definition) is 1. The highest BCUT2D eigenvalue weighted by Crippen LogP contribution is 2.27. The van der Waals surface area contributed by atoms with Crippen LogP contribution in [0.3, 0.4) is 0 Å². The lowest BCUT2D eigenvalue weighted by Gasteiger charge is -2.07.